The lowest BCUT2D eigenvalue weighted by Gasteiger charge is -2.35. The van der Waals surface area contributed by atoms with Gasteiger partial charge in [-0.25, -0.2) is 4.98 Å². The average Bonchev–Trinajstić information content (AvgIpc) is 3.25. The first-order valence-corrected chi connectivity index (χ1v) is 12.3. The van der Waals surface area contributed by atoms with Crippen molar-refractivity contribution in [3.8, 4) is 22.5 Å². The zero-order chi connectivity index (χ0) is 22.7. The van der Waals surface area contributed by atoms with E-state index in [0.29, 0.717) is 19.8 Å². The third-order valence-corrected chi connectivity index (χ3v) is 7.33. The Morgan fingerprint density at radius 3 is 1.97 bits per heavy atom. The Hall–Kier alpha value is -2.73. The number of rotatable bonds is 6. The van der Waals surface area contributed by atoms with Gasteiger partial charge >= 0.3 is 0 Å². The van der Waals surface area contributed by atoms with Crippen LogP contribution in [0.3, 0.4) is 0 Å². The van der Waals surface area contributed by atoms with E-state index in [4.69, 9.17) is 14.5 Å². The van der Waals surface area contributed by atoms with Gasteiger partial charge in [-0.15, -0.1) is 0 Å². The van der Waals surface area contributed by atoms with Crippen LogP contribution in [0.1, 0.15) is 24.6 Å². The molecule has 0 spiro atoms. The minimum Gasteiger partial charge on any atom is -0.345 e. The molecule has 1 saturated heterocycles. The molecule has 0 N–H and O–H groups in total. The third-order valence-electron chi connectivity index (χ3n) is 5.97. The van der Waals surface area contributed by atoms with Crippen molar-refractivity contribution in [3.05, 3.63) is 102 Å². The highest BCUT2D eigenvalue weighted by atomic mass is 79.9. The fourth-order valence-corrected chi connectivity index (χ4v) is 4.46. The van der Waals surface area contributed by atoms with Crippen LogP contribution < -0.4 is 0 Å². The van der Waals surface area contributed by atoms with Gasteiger partial charge in [-0.1, -0.05) is 114 Å². The molecule has 0 atom stereocenters. The zero-order valence-corrected chi connectivity index (χ0v) is 20.2. The fourth-order valence-electron chi connectivity index (χ4n) is 4.13. The van der Waals surface area contributed by atoms with E-state index in [1.165, 1.54) is 5.56 Å². The van der Waals surface area contributed by atoms with Crippen molar-refractivity contribution >= 4 is 15.9 Å². The molecule has 3 aromatic carbocycles. The number of nitrogens with zero attached hydrogens (tertiary/aromatic N) is 2. The van der Waals surface area contributed by atoms with Crippen molar-refractivity contribution in [2.45, 2.75) is 19.8 Å². The number of hydrogen-bond acceptors (Lipinski definition) is 3. The van der Waals surface area contributed by atoms with Crippen LogP contribution in [-0.4, -0.2) is 28.1 Å². The smallest absolute Gasteiger partial charge is 0.217 e. The summed E-state index contributed by atoms with van der Waals surface area (Å²) in [5.74, 6) is 0.799. The standard InChI is InChI=1S/C28H27BrN2O2/c1-28(18-29)19-32-27(33-20-28)26-30-24(22-13-7-3-8-14-22)25(23-15-9-4-10-16-23)31(26)17-21-11-5-2-6-12-21/h2-16,27H,17-20H2,1H3/t27-,28-. The largest absolute Gasteiger partial charge is 0.345 e. The topological polar surface area (TPSA) is 36.3 Å². The number of ether oxygens (including phenoxy) is 2. The highest BCUT2D eigenvalue weighted by Crippen LogP contribution is 2.39. The molecule has 168 valence electrons. The van der Waals surface area contributed by atoms with Gasteiger partial charge in [0.15, 0.2) is 5.82 Å². The molecule has 1 aliphatic heterocycles. The first-order chi connectivity index (χ1) is 16.2. The van der Waals surface area contributed by atoms with Crippen LogP contribution in [0, 0.1) is 5.41 Å². The molecule has 4 nitrogen and oxygen atoms in total. The molecule has 0 amide bonds. The molecule has 0 aliphatic carbocycles. The summed E-state index contributed by atoms with van der Waals surface area (Å²) < 4.78 is 14.8. The maximum Gasteiger partial charge on any atom is 0.217 e. The van der Waals surface area contributed by atoms with Crippen molar-refractivity contribution in [3.63, 3.8) is 0 Å². The molecule has 0 unspecified atom stereocenters. The van der Waals surface area contributed by atoms with E-state index in [9.17, 15) is 0 Å². The Balaban J connectivity index is 1.67. The predicted octanol–water partition coefficient (Wildman–Crippen LogP) is 6.71. The molecule has 33 heavy (non-hydrogen) atoms. The molecule has 1 aliphatic rings. The highest BCUT2D eigenvalue weighted by Gasteiger charge is 2.36. The lowest BCUT2D eigenvalue weighted by Crippen LogP contribution is -2.38. The van der Waals surface area contributed by atoms with Crippen LogP contribution in [0.5, 0.6) is 0 Å². The lowest BCUT2D eigenvalue weighted by molar-refractivity contribution is -0.229. The maximum atomic E-state index is 6.25. The summed E-state index contributed by atoms with van der Waals surface area (Å²) in [4.78, 5) is 5.15. The second-order valence-corrected chi connectivity index (χ2v) is 9.43. The average molecular weight is 503 g/mol. The summed E-state index contributed by atoms with van der Waals surface area (Å²) in [5, 5.41) is 0.829. The van der Waals surface area contributed by atoms with Crippen LogP contribution in [0.15, 0.2) is 91.0 Å². The summed E-state index contributed by atoms with van der Waals surface area (Å²) in [6.07, 6.45) is -0.513. The highest BCUT2D eigenvalue weighted by molar-refractivity contribution is 9.09. The minimum absolute atomic E-state index is 0.0438. The van der Waals surface area contributed by atoms with Crippen molar-refractivity contribution in [2.24, 2.45) is 5.41 Å². The molecule has 1 fully saturated rings. The molecule has 0 radical (unpaired) electrons. The Bertz CT molecular complexity index is 1180. The zero-order valence-electron chi connectivity index (χ0n) is 18.7. The molecule has 0 saturated carbocycles. The van der Waals surface area contributed by atoms with Gasteiger partial charge in [-0.2, -0.15) is 0 Å². The van der Waals surface area contributed by atoms with Crippen molar-refractivity contribution in [2.75, 3.05) is 18.5 Å². The summed E-state index contributed by atoms with van der Waals surface area (Å²) in [6.45, 7) is 4.07. The Kier molecular flexibility index (Phi) is 6.45. The Morgan fingerprint density at radius 2 is 1.39 bits per heavy atom. The number of imidazole rings is 1. The van der Waals surface area contributed by atoms with E-state index < -0.39 is 6.29 Å². The van der Waals surface area contributed by atoms with Gasteiger partial charge < -0.3 is 14.0 Å². The summed E-state index contributed by atoms with van der Waals surface area (Å²) in [7, 11) is 0. The van der Waals surface area contributed by atoms with Gasteiger partial charge in [0.1, 0.15) is 0 Å². The van der Waals surface area contributed by atoms with E-state index in [1.54, 1.807) is 0 Å². The van der Waals surface area contributed by atoms with E-state index in [1.807, 2.05) is 18.2 Å². The van der Waals surface area contributed by atoms with Gasteiger partial charge in [0.2, 0.25) is 6.29 Å². The maximum absolute atomic E-state index is 6.25. The van der Waals surface area contributed by atoms with Crippen molar-refractivity contribution in [1.29, 1.82) is 0 Å². The van der Waals surface area contributed by atoms with Crippen molar-refractivity contribution in [1.82, 2.24) is 9.55 Å². The van der Waals surface area contributed by atoms with E-state index in [0.717, 1.165) is 33.7 Å². The summed E-state index contributed by atoms with van der Waals surface area (Å²) in [6, 6.07) is 31.3. The molecule has 4 aromatic rings. The predicted molar refractivity (Wildman–Crippen MR) is 135 cm³/mol. The lowest BCUT2D eigenvalue weighted by atomic mass is 9.95. The molecule has 5 heteroatoms. The van der Waals surface area contributed by atoms with Crippen LogP contribution in [0.2, 0.25) is 0 Å². The second-order valence-electron chi connectivity index (χ2n) is 8.87. The van der Waals surface area contributed by atoms with Gasteiger partial charge in [0.05, 0.1) is 24.6 Å². The number of halogens is 1. The SMILES string of the molecule is C[C@]1(CBr)CO[C@H](c2nc(-c3ccccc3)c(-c3ccccc3)n2Cc2ccccc2)OC1. The Labute approximate surface area is 203 Å². The molecule has 5 rings (SSSR count). The van der Waals surface area contributed by atoms with Gasteiger partial charge in [0, 0.05) is 28.4 Å². The van der Waals surface area contributed by atoms with Gasteiger partial charge in [-0.05, 0) is 5.56 Å². The van der Waals surface area contributed by atoms with Crippen molar-refractivity contribution < 1.29 is 9.47 Å². The number of aromatic nitrogens is 2. The van der Waals surface area contributed by atoms with Gasteiger partial charge in [-0.3, -0.25) is 0 Å². The number of benzene rings is 3. The molecule has 0 bridgehead atoms. The molecular weight excluding hydrogens is 476 g/mol. The monoisotopic (exact) mass is 502 g/mol. The minimum atomic E-state index is -0.513. The molecule has 2 heterocycles. The van der Waals surface area contributed by atoms with E-state index >= 15 is 0 Å². The van der Waals surface area contributed by atoms with E-state index in [-0.39, 0.29) is 5.41 Å². The molecular formula is C28H27BrN2O2. The summed E-state index contributed by atoms with van der Waals surface area (Å²) >= 11 is 3.60. The fraction of sp³-hybridized carbons (Fsp3) is 0.250. The Morgan fingerprint density at radius 1 is 0.848 bits per heavy atom. The quantitative estimate of drug-likeness (QED) is 0.275. The third kappa shape index (κ3) is 4.67. The van der Waals surface area contributed by atoms with Gasteiger partial charge in [0.25, 0.3) is 0 Å². The number of alkyl halides is 1. The second kappa shape index (κ2) is 9.64. The van der Waals surface area contributed by atoms with Crippen LogP contribution in [-0.2, 0) is 16.0 Å². The van der Waals surface area contributed by atoms with E-state index in [2.05, 4.69) is 100 Å². The first-order valence-electron chi connectivity index (χ1n) is 11.2. The number of hydrogen-bond donors (Lipinski definition) is 0. The molecule has 1 aromatic heterocycles. The van der Waals surface area contributed by atoms with Crippen LogP contribution in [0.4, 0.5) is 0 Å². The van der Waals surface area contributed by atoms with Crippen LogP contribution >= 0.6 is 15.9 Å². The first kappa shape index (κ1) is 22.1. The summed E-state index contributed by atoms with van der Waals surface area (Å²) in [5.41, 5.74) is 5.36. The normalized spacial score (nSPS) is 20.6. The van der Waals surface area contributed by atoms with Crippen LogP contribution in [0.25, 0.3) is 22.5 Å².